The molecule has 2 saturated heterocycles. The molecule has 6 heterocycles. The Bertz CT molecular complexity index is 2030. The lowest BCUT2D eigenvalue weighted by Crippen LogP contribution is -2.71. The third-order valence-electron chi connectivity index (χ3n) is 8.16. The van der Waals surface area contributed by atoms with Gasteiger partial charge in [0.2, 0.25) is 11.4 Å². The quantitative estimate of drug-likeness (QED) is 0.0854. The Morgan fingerprint density at radius 1 is 0.782 bits per heavy atom. The molecule has 2 aromatic rings. The molecule has 0 aromatic carbocycles. The molecule has 4 aliphatic rings. The van der Waals surface area contributed by atoms with Crippen molar-refractivity contribution in [1.82, 2.24) is 25.9 Å². The summed E-state index contributed by atoms with van der Waals surface area (Å²) in [7, 11) is 2.44. The van der Waals surface area contributed by atoms with Crippen LogP contribution in [0.4, 0.5) is 4.79 Å². The van der Waals surface area contributed by atoms with Crippen molar-refractivity contribution >= 4 is 76.6 Å². The third-order valence-corrected chi connectivity index (χ3v) is 10.8. The fourth-order valence-corrected chi connectivity index (χ4v) is 8.43. The van der Waals surface area contributed by atoms with E-state index in [-0.39, 0.29) is 45.6 Å². The Kier molecular flexibility index (Phi) is 11.5. The van der Waals surface area contributed by atoms with Crippen LogP contribution in [0.15, 0.2) is 78.5 Å². The van der Waals surface area contributed by atoms with Gasteiger partial charge >= 0.3 is 18.0 Å². The molecule has 55 heavy (non-hydrogen) atoms. The SMILES string of the molecule is CO/N=C(/C(=O)N[C@@H]1C(=O)N2C(C(=O)O)=C(CONC(=O)OCC3=C(C(=O)O)N4C(=O)[C@@H](NC(=O)/C(=N/OC)c5ccco5)[C@H]4SC3)CS[C@H]12)c1ccco1. The number of nitrogens with one attached hydrogen (secondary N) is 3. The van der Waals surface area contributed by atoms with Crippen LogP contribution in [0.1, 0.15) is 11.5 Å². The first kappa shape index (κ1) is 38.5. The van der Waals surface area contributed by atoms with Gasteiger partial charge in [-0.3, -0.25) is 33.8 Å². The Hall–Kier alpha value is -6.27. The first-order valence-electron chi connectivity index (χ1n) is 15.7. The molecule has 0 aliphatic carbocycles. The van der Waals surface area contributed by atoms with Crippen LogP contribution in [-0.2, 0) is 48.0 Å². The summed E-state index contributed by atoms with van der Waals surface area (Å²) in [4.78, 5) is 105. The number of amides is 5. The Labute approximate surface area is 316 Å². The number of β-lactam (4-membered cyclic amide) rings is 2. The maximum atomic E-state index is 13.1. The topological polar surface area (TPSA) is 290 Å². The standard InChI is InChI=1S/C31H29N7O15S2/c1-48-34-17(15-5-3-7-50-15)23(39)32-19-25(41)37-21(29(43)44)13(11-54-27(19)37)9-52-31(47)36-53-10-14-12-55-28-20(26(42)38(28)22(14)30(45)46)33-24(40)18(35-49-2)16-6-4-8-51-16/h3-8,19-20,27-28H,9-12H2,1-2H3,(H,32,39)(H,33,40)(H,36,47)(H,43,44)(H,45,46)/b34-17+,35-18+/t19-,20-,27-,28-/m1/s1. The van der Waals surface area contributed by atoms with E-state index in [0.29, 0.717) is 0 Å². The van der Waals surface area contributed by atoms with Crippen LogP contribution in [0.25, 0.3) is 0 Å². The highest BCUT2D eigenvalue weighted by molar-refractivity contribution is 8.00. The van der Waals surface area contributed by atoms with Gasteiger partial charge < -0.3 is 44.1 Å². The highest BCUT2D eigenvalue weighted by atomic mass is 32.2. The zero-order valence-electron chi connectivity index (χ0n) is 28.4. The summed E-state index contributed by atoms with van der Waals surface area (Å²) < 4.78 is 15.5. The Morgan fingerprint density at radius 2 is 1.24 bits per heavy atom. The highest BCUT2D eigenvalue weighted by Crippen LogP contribution is 2.41. The van der Waals surface area contributed by atoms with Gasteiger partial charge in [0, 0.05) is 17.1 Å². The number of carbonyl (C=O) groups excluding carboxylic acids is 5. The number of ether oxygens (including phenoxy) is 1. The van der Waals surface area contributed by atoms with Gasteiger partial charge in [0.15, 0.2) is 11.5 Å². The van der Waals surface area contributed by atoms with Gasteiger partial charge in [-0.1, -0.05) is 10.3 Å². The molecule has 22 nitrogen and oxygen atoms in total. The normalized spacial score (nSPS) is 22.1. The lowest BCUT2D eigenvalue weighted by atomic mass is 10.0. The maximum Gasteiger partial charge on any atom is 0.431 e. The average molecular weight is 804 g/mol. The lowest BCUT2D eigenvalue weighted by molar-refractivity contribution is -0.150. The summed E-state index contributed by atoms with van der Waals surface area (Å²) >= 11 is 2.26. The van der Waals surface area contributed by atoms with Crippen LogP contribution >= 0.6 is 23.5 Å². The van der Waals surface area contributed by atoms with Crippen molar-refractivity contribution in [3.8, 4) is 0 Å². The molecular weight excluding hydrogens is 775 g/mol. The summed E-state index contributed by atoms with van der Waals surface area (Å²) in [5.74, 6) is -5.74. The molecule has 4 aliphatic heterocycles. The highest BCUT2D eigenvalue weighted by Gasteiger charge is 2.56. The number of hydrogen-bond donors (Lipinski definition) is 5. The number of aliphatic carboxylic acids is 2. The monoisotopic (exact) mass is 803 g/mol. The van der Waals surface area contributed by atoms with Crippen molar-refractivity contribution in [2.45, 2.75) is 22.8 Å². The van der Waals surface area contributed by atoms with Crippen LogP contribution < -0.4 is 16.1 Å². The molecule has 5 amide bonds. The van der Waals surface area contributed by atoms with Crippen LogP contribution in [0.5, 0.6) is 0 Å². The van der Waals surface area contributed by atoms with E-state index in [1.165, 1.54) is 51.0 Å². The number of thioether (sulfide) groups is 2. The molecule has 5 N–H and O–H groups in total. The number of nitrogens with zero attached hydrogens (tertiary/aromatic N) is 4. The van der Waals surface area contributed by atoms with E-state index in [1.54, 1.807) is 0 Å². The first-order chi connectivity index (χ1) is 26.5. The predicted molar refractivity (Wildman–Crippen MR) is 184 cm³/mol. The molecule has 0 radical (unpaired) electrons. The van der Waals surface area contributed by atoms with Gasteiger partial charge in [-0.2, -0.15) is 5.48 Å². The average Bonchev–Trinajstić information content (AvgIpc) is 3.91. The minimum atomic E-state index is -1.47. The molecule has 2 aromatic heterocycles. The largest absolute Gasteiger partial charge is 0.477 e. The Morgan fingerprint density at radius 3 is 1.64 bits per heavy atom. The summed E-state index contributed by atoms with van der Waals surface area (Å²) in [6.45, 7) is -1.04. The van der Waals surface area contributed by atoms with Gasteiger partial charge in [-0.25, -0.2) is 14.4 Å². The van der Waals surface area contributed by atoms with Crippen molar-refractivity contribution in [1.29, 1.82) is 0 Å². The summed E-state index contributed by atoms with van der Waals surface area (Å²) in [6.07, 6.45) is 1.46. The second kappa shape index (κ2) is 16.4. The molecule has 24 heteroatoms. The number of carboxylic acids is 2. The van der Waals surface area contributed by atoms with E-state index in [4.69, 9.17) is 28.1 Å². The van der Waals surface area contributed by atoms with Gasteiger partial charge in [-0.15, -0.1) is 23.5 Å². The smallest absolute Gasteiger partial charge is 0.431 e. The molecular formula is C31H29N7O15S2. The molecule has 4 atom stereocenters. The number of fused-ring (bicyclic) bond motifs is 2. The zero-order chi connectivity index (χ0) is 39.4. The fourth-order valence-electron chi connectivity index (χ4n) is 5.78. The van der Waals surface area contributed by atoms with E-state index in [2.05, 4.69) is 20.9 Å². The zero-order valence-corrected chi connectivity index (χ0v) is 30.0. The summed E-state index contributed by atoms with van der Waals surface area (Å²) in [6, 6.07) is 3.78. The molecule has 0 bridgehead atoms. The predicted octanol–water partition coefficient (Wildman–Crippen LogP) is -0.591. The van der Waals surface area contributed by atoms with Gasteiger partial charge in [-0.05, 0) is 29.8 Å². The van der Waals surface area contributed by atoms with Crippen molar-refractivity contribution in [2.75, 3.05) is 38.9 Å². The second-order valence-electron chi connectivity index (χ2n) is 11.4. The number of furan rings is 2. The number of rotatable bonds is 15. The molecule has 6 rings (SSSR count). The Balaban J connectivity index is 1.02. The van der Waals surface area contributed by atoms with Crippen molar-refractivity contribution in [3.63, 3.8) is 0 Å². The van der Waals surface area contributed by atoms with Crippen LogP contribution in [0, 0.1) is 0 Å². The molecule has 2 fully saturated rings. The van der Waals surface area contributed by atoms with Crippen LogP contribution in [-0.4, -0.2) is 135 Å². The number of hydroxylamine groups is 1. The summed E-state index contributed by atoms with van der Waals surface area (Å²) in [5, 5.41) is 30.6. The van der Waals surface area contributed by atoms with E-state index >= 15 is 0 Å². The molecule has 0 unspecified atom stereocenters. The van der Waals surface area contributed by atoms with Crippen molar-refractivity contribution < 1.29 is 71.9 Å². The molecule has 290 valence electrons. The summed E-state index contributed by atoms with van der Waals surface area (Å²) in [5.41, 5.74) is 0.884. The van der Waals surface area contributed by atoms with Crippen molar-refractivity contribution in [3.05, 3.63) is 70.9 Å². The van der Waals surface area contributed by atoms with Gasteiger partial charge in [0.05, 0.1) is 19.1 Å². The van der Waals surface area contributed by atoms with E-state index in [9.17, 15) is 43.8 Å². The van der Waals surface area contributed by atoms with E-state index in [1.807, 2.05) is 5.48 Å². The van der Waals surface area contributed by atoms with E-state index < -0.39 is 89.1 Å². The minimum Gasteiger partial charge on any atom is -0.477 e. The lowest BCUT2D eigenvalue weighted by Gasteiger charge is -2.49. The maximum absolute atomic E-state index is 13.1. The number of hydrogen-bond acceptors (Lipinski definition) is 17. The van der Waals surface area contributed by atoms with Crippen molar-refractivity contribution in [2.24, 2.45) is 10.3 Å². The number of oxime groups is 2. The van der Waals surface area contributed by atoms with Gasteiger partial charge in [0.1, 0.15) is 55.1 Å². The van der Waals surface area contributed by atoms with Crippen LogP contribution in [0.2, 0.25) is 0 Å². The first-order valence-corrected chi connectivity index (χ1v) is 17.8. The number of carbonyl (C=O) groups is 7. The third kappa shape index (κ3) is 7.58. The van der Waals surface area contributed by atoms with Gasteiger partial charge in [0.25, 0.3) is 23.6 Å². The molecule has 0 spiro atoms. The second-order valence-corrected chi connectivity index (χ2v) is 13.6. The molecule has 0 saturated carbocycles. The minimum absolute atomic E-state index is 0.00961. The van der Waals surface area contributed by atoms with Crippen LogP contribution in [0.3, 0.4) is 0 Å². The number of carboxylic acid groups (broad SMARTS) is 2. The fraction of sp³-hybridized carbons (Fsp3) is 0.323. The van der Waals surface area contributed by atoms with E-state index in [0.717, 1.165) is 33.3 Å².